The summed E-state index contributed by atoms with van der Waals surface area (Å²) in [5.41, 5.74) is 16.3. The molecule has 0 unspecified atom stereocenters. The van der Waals surface area contributed by atoms with Crippen molar-refractivity contribution >= 4 is 29.1 Å². The van der Waals surface area contributed by atoms with Gasteiger partial charge in [-0.1, -0.05) is 91.0 Å². The SMILES string of the molecule is Cc1cncc(-c2ccc3c(c2)-c2ccccc2B2c4ccccc4-c4cc(-c5ccccc5)ccc4N23)c1. The largest absolute Gasteiger partial charge is 0.376 e. The molecule has 0 fully saturated rings. The number of anilines is 2. The molecule has 2 nitrogen and oxygen atoms in total. The monoisotopic (exact) mass is 496 g/mol. The fraction of sp³-hybridized carbons (Fsp3) is 0.0278. The summed E-state index contributed by atoms with van der Waals surface area (Å²) in [4.78, 5) is 7.02. The van der Waals surface area contributed by atoms with E-state index in [1.807, 2.05) is 12.4 Å². The van der Waals surface area contributed by atoms with Gasteiger partial charge < -0.3 is 4.81 Å². The molecule has 0 bridgehead atoms. The van der Waals surface area contributed by atoms with Crippen LogP contribution in [0.2, 0.25) is 0 Å². The van der Waals surface area contributed by atoms with Gasteiger partial charge in [0, 0.05) is 40.5 Å². The number of hydrogen-bond donors (Lipinski definition) is 0. The van der Waals surface area contributed by atoms with Crippen LogP contribution in [-0.4, -0.2) is 11.8 Å². The fourth-order valence-corrected chi connectivity index (χ4v) is 6.44. The van der Waals surface area contributed by atoms with Crippen molar-refractivity contribution in [2.24, 2.45) is 0 Å². The van der Waals surface area contributed by atoms with Gasteiger partial charge in [-0.2, -0.15) is 0 Å². The van der Waals surface area contributed by atoms with Crippen molar-refractivity contribution in [2.45, 2.75) is 6.92 Å². The molecule has 0 spiro atoms. The summed E-state index contributed by atoms with van der Waals surface area (Å²) in [5.74, 6) is 0. The van der Waals surface area contributed by atoms with Crippen LogP contribution in [0, 0.1) is 6.92 Å². The van der Waals surface area contributed by atoms with Crippen molar-refractivity contribution in [2.75, 3.05) is 4.81 Å². The lowest BCUT2D eigenvalue weighted by molar-refractivity contribution is 1.27. The van der Waals surface area contributed by atoms with Gasteiger partial charge in [0.25, 0.3) is 0 Å². The maximum atomic E-state index is 4.46. The first-order chi connectivity index (χ1) is 19.3. The van der Waals surface area contributed by atoms with Crippen LogP contribution in [0.3, 0.4) is 0 Å². The Morgan fingerprint density at radius 1 is 0.487 bits per heavy atom. The second-order valence-electron chi connectivity index (χ2n) is 10.5. The molecule has 39 heavy (non-hydrogen) atoms. The van der Waals surface area contributed by atoms with Crippen LogP contribution in [0.5, 0.6) is 0 Å². The lowest BCUT2D eigenvalue weighted by Crippen LogP contribution is -2.59. The van der Waals surface area contributed by atoms with E-state index in [4.69, 9.17) is 0 Å². The van der Waals surface area contributed by atoms with Crippen LogP contribution >= 0.6 is 0 Å². The van der Waals surface area contributed by atoms with Gasteiger partial charge in [0.05, 0.1) is 0 Å². The molecule has 182 valence electrons. The Bertz CT molecular complexity index is 1890. The van der Waals surface area contributed by atoms with Gasteiger partial charge in [-0.3, -0.25) is 4.98 Å². The minimum absolute atomic E-state index is 0.117. The summed E-state index contributed by atoms with van der Waals surface area (Å²) >= 11 is 0. The normalized spacial score (nSPS) is 12.6. The van der Waals surface area contributed by atoms with E-state index in [0.717, 1.165) is 5.56 Å². The van der Waals surface area contributed by atoms with E-state index in [2.05, 4.69) is 138 Å². The zero-order chi connectivity index (χ0) is 25.9. The Kier molecular flexibility index (Phi) is 4.87. The zero-order valence-corrected chi connectivity index (χ0v) is 21.7. The summed E-state index contributed by atoms with van der Waals surface area (Å²) in [6.07, 6.45) is 3.87. The number of aryl methyl sites for hydroxylation is 1. The quantitative estimate of drug-likeness (QED) is 0.229. The van der Waals surface area contributed by atoms with E-state index in [1.54, 1.807) is 0 Å². The topological polar surface area (TPSA) is 16.1 Å². The molecule has 3 heteroatoms. The number of nitrogens with zero attached hydrogens (tertiary/aromatic N) is 2. The molecule has 3 heterocycles. The Morgan fingerprint density at radius 2 is 1.05 bits per heavy atom. The molecular formula is C36H25BN2. The zero-order valence-electron chi connectivity index (χ0n) is 21.7. The standard InChI is InChI=1S/C36H25BN2/c1-24-19-28(23-38-22-24)27-16-18-36-32(21-27)30-12-6-8-14-34(30)37-33-13-7-5-11-29(33)31-20-26(15-17-35(31)39(36)37)25-9-3-2-4-10-25/h2-23H,1H3. The molecule has 2 aliphatic heterocycles. The summed E-state index contributed by atoms with van der Waals surface area (Å²) < 4.78 is 0. The predicted molar refractivity (Wildman–Crippen MR) is 164 cm³/mol. The van der Waals surface area contributed by atoms with E-state index in [0.29, 0.717) is 0 Å². The average Bonchev–Trinajstić information content (AvgIpc) is 3.01. The number of aromatic nitrogens is 1. The fourth-order valence-electron chi connectivity index (χ4n) is 6.44. The lowest BCUT2D eigenvalue weighted by atomic mass is 9.43. The van der Waals surface area contributed by atoms with Crippen LogP contribution in [0.4, 0.5) is 11.4 Å². The van der Waals surface area contributed by atoms with Crippen molar-refractivity contribution in [1.29, 1.82) is 0 Å². The van der Waals surface area contributed by atoms with Crippen LogP contribution in [-0.2, 0) is 0 Å². The number of fused-ring (bicyclic) bond motifs is 11. The average molecular weight is 496 g/mol. The molecule has 0 atom stereocenters. The number of hydrogen-bond acceptors (Lipinski definition) is 2. The Hall–Kier alpha value is -4.89. The van der Waals surface area contributed by atoms with Crippen LogP contribution in [0.25, 0.3) is 44.5 Å². The molecule has 2 aliphatic rings. The highest BCUT2D eigenvalue weighted by molar-refractivity contribution is 6.92. The molecule has 0 amide bonds. The van der Waals surface area contributed by atoms with Crippen molar-refractivity contribution in [1.82, 2.24) is 4.98 Å². The third-order valence-electron chi connectivity index (χ3n) is 8.18. The second kappa shape index (κ2) is 8.57. The predicted octanol–water partition coefficient (Wildman–Crippen LogP) is 7.63. The highest BCUT2D eigenvalue weighted by Crippen LogP contribution is 2.47. The van der Waals surface area contributed by atoms with Gasteiger partial charge in [-0.15, -0.1) is 0 Å². The third kappa shape index (κ3) is 3.40. The summed E-state index contributed by atoms with van der Waals surface area (Å²) in [5, 5.41) is 0. The highest BCUT2D eigenvalue weighted by atomic mass is 15.1. The Morgan fingerprint density at radius 3 is 1.67 bits per heavy atom. The van der Waals surface area contributed by atoms with E-state index >= 15 is 0 Å². The molecule has 1 aromatic heterocycles. The first-order valence-corrected chi connectivity index (χ1v) is 13.5. The van der Waals surface area contributed by atoms with Gasteiger partial charge in [-0.05, 0) is 81.6 Å². The second-order valence-corrected chi connectivity index (χ2v) is 10.5. The third-order valence-corrected chi connectivity index (χ3v) is 8.18. The number of rotatable bonds is 2. The minimum Gasteiger partial charge on any atom is -0.376 e. The van der Waals surface area contributed by atoms with Gasteiger partial charge in [0.2, 0.25) is 0 Å². The molecule has 5 aromatic carbocycles. The summed E-state index contributed by atoms with van der Waals surface area (Å²) in [6.45, 7) is 2.21. The first-order valence-electron chi connectivity index (χ1n) is 13.5. The molecule has 0 saturated carbocycles. The van der Waals surface area contributed by atoms with Gasteiger partial charge in [-0.25, -0.2) is 0 Å². The van der Waals surface area contributed by atoms with Gasteiger partial charge in [0.1, 0.15) is 0 Å². The number of pyridine rings is 1. The molecular weight excluding hydrogens is 471 g/mol. The van der Waals surface area contributed by atoms with Crippen LogP contribution < -0.4 is 15.7 Å². The molecule has 0 radical (unpaired) electrons. The summed E-state index contributed by atoms with van der Waals surface area (Å²) in [7, 11) is 0. The minimum atomic E-state index is 0.117. The molecule has 0 saturated heterocycles. The van der Waals surface area contributed by atoms with Gasteiger partial charge >= 0.3 is 6.85 Å². The molecule has 0 N–H and O–H groups in total. The molecule has 0 aliphatic carbocycles. The maximum absolute atomic E-state index is 4.46. The smallest absolute Gasteiger partial charge is 0.329 e. The number of benzene rings is 5. The first kappa shape index (κ1) is 22.1. The van der Waals surface area contributed by atoms with Gasteiger partial charge in [0.15, 0.2) is 0 Å². The van der Waals surface area contributed by atoms with Crippen molar-refractivity contribution in [3.05, 3.63) is 139 Å². The van der Waals surface area contributed by atoms with Crippen molar-refractivity contribution in [3.8, 4) is 44.5 Å². The Labute approximate surface area is 229 Å². The van der Waals surface area contributed by atoms with E-state index in [1.165, 1.54) is 66.8 Å². The highest BCUT2D eigenvalue weighted by Gasteiger charge is 2.42. The lowest BCUT2D eigenvalue weighted by Gasteiger charge is -2.43. The molecule has 8 rings (SSSR count). The maximum Gasteiger partial charge on any atom is 0.329 e. The van der Waals surface area contributed by atoms with Crippen LogP contribution in [0.1, 0.15) is 5.56 Å². The molecule has 6 aromatic rings. The van der Waals surface area contributed by atoms with Crippen molar-refractivity contribution in [3.63, 3.8) is 0 Å². The van der Waals surface area contributed by atoms with E-state index < -0.39 is 0 Å². The van der Waals surface area contributed by atoms with Crippen LogP contribution in [0.15, 0.2) is 134 Å². The summed E-state index contributed by atoms with van der Waals surface area (Å²) in [6, 6.07) is 44.6. The van der Waals surface area contributed by atoms with E-state index in [9.17, 15) is 0 Å². The van der Waals surface area contributed by atoms with E-state index in [-0.39, 0.29) is 6.85 Å². The Balaban J connectivity index is 1.39. The van der Waals surface area contributed by atoms with Crippen molar-refractivity contribution < 1.29 is 0 Å².